The highest BCUT2D eigenvalue weighted by Crippen LogP contribution is 2.15. The Morgan fingerprint density at radius 3 is 2.76 bits per heavy atom. The topological polar surface area (TPSA) is 87.1 Å². The third kappa shape index (κ3) is 4.66. The van der Waals surface area contributed by atoms with Crippen LogP contribution in [0.15, 0.2) is 0 Å². The molecule has 0 aliphatic heterocycles. The highest BCUT2D eigenvalue weighted by molar-refractivity contribution is 7.15. The summed E-state index contributed by atoms with van der Waals surface area (Å²) < 4.78 is 0. The molecule has 0 aromatic carbocycles. The van der Waals surface area contributed by atoms with Crippen molar-refractivity contribution in [3.8, 4) is 0 Å². The van der Waals surface area contributed by atoms with Crippen LogP contribution in [0.25, 0.3) is 0 Å². The molecule has 1 aromatic heterocycles. The Labute approximate surface area is 104 Å². The van der Waals surface area contributed by atoms with Crippen molar-refractivity contribution in [1.29, 1.82) is 0 Å². The monoisotopic (exact) mass is 258 g/mol. The van der Waals surface area contributed by atoms with E-state index in [9.17, 15) is 4.79 Å². The number of aryl methyl sites for hydroxylation is 1. The van der Waals surface area contributed by atoms with Crippen molar-refractivity contribution in [2.75, 3.05) is 11.9 Å². The highest BCUT2D eigenvalue weighted by Gasteiger charge is 2.11. The van der Waals surface area contributed by atoms with Gasteiger partial charge in [-0.2, -0.15) is 0 Å². The van der Waals surface area contributed by atoms with E-state index in [0.29, 0.717) is 11.6 Å². The number of rotatable bonds is 6. The van der Waals surface area contributed by atoms with Gasteiger partial charge in [0.2, 0.25) is 5.13 Å². The number of carbonyl (C=O) groups is 1. The van der Waals surface area contributed by atoms with Crippen molar-refractivity contribution < 1.29 is 9.90 Å². The predicted molar refractivity (Wildman–Crippen MR) is 67.2 cm³/mol. The van der Waals surface area contributed by atoms with Gasteiger partial charge in [-0.3, -0.25) is 5.32 Å². The molecule has 1 aromatic rings. The Hall–Kier alpha value is -1.21. The lowest BCUT2D eigenvalue weighted by Crippen LogP contribution is -2.38. The zero-order valence-electron chi connectivity index (χ0n) is 10.1. The van der Waals surface area contributed by atoms with E-state index in [-0.39, 0.29) is 18.7 Å². The Kier molecular flexibility index (Phi) is 5.85. The van der Waals surface area contributed by atoms with E-state index in [1.54, 1.807) is 0 Å². The minimum absolute atomic E-state index is 0.0152. The molecule has 1 atom stereocenters. The van der Waals surface area contributed by atoms with Gasteiger partial charge in [-0.25, -0.2) is 4.79 Å². The summed E-state index contributed by atoms with van der Waals surface area (Å²) in [5, 5.41) is 23.4. The van der Waals surface area contributed by atoms with Crippen LogP contribution >= 0.6 is 11.3 Å². The Morgan fingerprint density at radius 1 is 1.47 bits per heavy atom. The normalized spacial score (nSPS) is 12.2. The van der Waals surface area contributed by atoms with Gasteiger partial charge in [-0.05, 0) is 19.3 Å². The Balaban J connectivity index is 2.42. The molecule has 96 valence electrons. The van der Waals surface area contributed by atoms with Crippen LogP contribution in [0.4, 0.5) is 9.93 Å². The molecule has 0 bridgehead atoms. The molecule has 0 aliphatic rings. The Morgan fingerprint density at radius 2 is 2.24 bits per heavy atom. The molecular formula is C10H18N4O2S. The molecule has 0 fully saturated rings. The summed E-state index contributed by atoms with van der Waals surface area (Å²) in [6, 6.07) is -0.317. The number of hydrogen-bond acceptors (Lipinski definition) is 5. The van der Waals surface area contributed by atoms with Crippen LogP contribution < -0.4 is 10.6 Å². The third-order valence-electron chi connectivity index (χ3n) is 2.30. The second-order valence-electron chi connectivity index (χ2n) is 3.57. The fourth-order valence-electron chi connectivity index (χ4n) is 1.30. The smallest absolute Gasteiger partial charge is 0.321 e. The van der Waals surface area contributed by atoms with E-state index in [1.807, 2.05) is 13.8 Å². The van der Waals surface area contributed by atoms with Crippen LogP contribution in [-0.4, -0.2) is 34.0 Å². The molecule has 0 radical (unpaired) electrons. The first-order chi connectivity index (χ1) is 8.19. The zero-order valence-corrected chi connectivity index (χ0v) is 10.9. The van der Waals surface area contributed by atoms with Gasteiger partial charge >= 0.3 is 6.03 Å². The number of hydrogen-bond donors (Lipinski definition) is 3. The molecule has 0 saturated heterocycles. The third-order valence-corrected chi connectivity index (χ3v) is 3.28. The van der Waals surface area contributed by atoms with Crippen molar-refractivity contribution in [2.45, 2.75) is 39.2 Å². The first-order valence-corrected chi connectivity index (χ1v) is 6.52. The number of amides is 2. The number of aliphatic hydroxyl groups excluding tert-OH is 1. The molecule has 1 rings (SSSR count). The van der Waals surface area contributed by atoms with Gasteiger partial charge in [0.15, 0.2) is 0 Å². The van der Waals surface area contributed by atoms with Crippen molar-refractivity contribution in [1.82, 2.24) is 15.5 Å². The molecule has 0 aliphatic carbocycles. The summed E-state index contributed by atoms with van der Waals surface area (Å²) >= 11 is 1.37. The second kappa shape index (κ2) is 7.18. The SMILES string of the molecule is CCc1nnc(NC(=O)NC(CC)CCO)s1. The summed E-state index contributed by atoms with van der Waals surface area (Å²) in [6.07, 6.45) is 2.15. The number of urea groups is 1. The van der Waals surface area contributed by atoms with Crippen LogP contribution in [-0.2, 0) is 6.42 Å². The van der Waals surface area contributed by atoms with Crippen LogP contribution in [0.3, 0.4) is 0 Å². The van der Waals surface area contributed by atoms with E-state index >= 15 is 0 Å². The van der Waals surface area contributed by atoms with Gasteiger partial charge in [0.05, 0.1) is 0 Å². The lowest BCUT2D eigenvalue weighted by Gasteiger charge is -2.15. The number of nitrogens with one attached hydrogen (secondary N) is 2. The quantitative estimate of drug-likeness (QED) is 0.719. The molecule has 17 heavy (non-hydrogen) atoms. The highest BCUT2D eigenvalue weighted by atomic mass is 32.1. The van der Waals surface area contributed by atoms with Crippen molar-refractivity contribution in [3.63, 3.8) is 0 Å². The fraction of sp³-hybridized carbons (Fsp3) is 0.700. The molecule has 0 spiro atoms. The van der Waals surface area contributed by atoms with E-state index < -0.39 is 0 Å². The van der Waals surface area contributed by atoms with Crippen LogP contribution in [0.2, 0.25) is 0 Å². The lowest BCUT2D eigenvalue weighted by molar-refractivity contribution is 0.237. The van der Waals surface area contributed by atoms with E-state index in [4.69, 9.17) is 5.11 Å². The number of nitrogens with zero attached hydrogens (tertiary/aromatic N) is 2. The number of aliphatic hydroxyl groups is 1. The van der Waals surface area contributed by atoms with Crippen molar-refractivity contribution >= 4 is 22.5 Å². The molecule has 7 heteroatoms. The van der Waals surface area contributed by atoms with Gasteiger partial charge in [0, 0.05) is 12.6 Å². The Bertz CT molecular complexity index is 356. The maximum atomic E-state index is 11.6. The van der Waals surface area contributed by atoms with Gasteiger partial charge < -0.3 is 10.4 Å². The molecular weight excluding hydrogens is 240 g/mol. The minimum Gasteiger partial charge on any atom is -0.396 e. The average molecular weight is 258 g/mol. The van der Waals surface area contributed by atoms with Gasteiger partial charge in [0.1, 0.15) is 5.01 Å². The van der Waals surface area contributed by atoms with Gasteiger partial charge in [0.25, 0.3) is 0 Å². The summed E-state index contributed by atoms with van der Waals surface area (Å²) in [4.78, 5) is 11.6. The van der Waals surface area contributed by atoms with Gasteiger partial charge in [-0.15, -0.1) is 10.2 Å². The summed E-state index contributed by atoms with van der Waals surface area (Å²) in [5.74, 6) is 0. The van der Waals surface area contributed by atoms with Gasteiger partial charge in [-0.1, -0.05) is 25.2 Å². The van der Waals surface area contributed by atoms with Crippen LogP contribution in [0.5, 0.6) is 0 Å². The van der Waals surface area contributed by atoms with E-state index in [0.717, 1.165) is 17.8 Å². The summed E-state index contributed by atoms with van der Waals surface area (Å²) in [6.45, 7) is 4.01. The van der Waals surface area contributed by atoms with Crippen LogP contribution in [0.1, 0.15) is 31.7 Å². The summed E-state index contributed by atoms with van der Waals surface area (Å²) in [7, 11) is 0. The van der Waals surface area contributed by atoms with E-state index in [2.05, 4.69) is 20.8 Å². The molecule has 1 unspecified atom stereocenters. The molecule has 1 heterocycles. The summed E-state index contributed by atoms with van der Waals surface area (Å²) in [5.41, 5.74) is 0. The number of carbonyl (C=O) groups excluding carboxylic acids is 1. The number of aromatic nitrogens is 2. The maximum Gasteiger partial charge on any atom is 0.321 e. The lowest BCUT2D eigenvalue weighted by atomic mass is 10.2. The molecule has 6 nitrogen and oxygen atoms in total. The largest absolute Gasteiger partial charge is 0.396 e. The average Bonchev–Trinajstić information content (AvgIpc) is 2.76. The maximum absolute atomic E-state index is 11.6. The number of anilines is 1. The second-order valence-corrected chi connectivity index (χ2v) is 4.63. The predicted octanol–water partition coefficient (Wildman–Crippen LogP) is 1.38. The first-order valence-electron chi connectivity index (χ1n) is 5.70. The molecule has 3 N–H and O–H groups in total. The van der Waals surface area contributed by atoms with Crippen molar-refractivity contribution in [2.24, 2.45) is 0 Å². The van der Waals surface area contributed by atoms with E-state index in [1.165, 1.54) is 11.3 Å². The minimum atomic E-state index is -0.302. The first kappa shape index (κ1) is 13.9. The van der Waals surface area contributed by atoms with Crippen LogP contribution in [0, 0.1) is 0 Å². The molecule has 0 saturated carbocycles. The van der Waals surface area contributed by atoms with Crippen molar-refractivity contribution in [3.05, 3.63) is 5.01 Å². The fourth-order valence-corrected chi connectivity index (χ4v) is 1.97. The molecule has 2 amide bonds. The standard InChI is InChI=1S/C10H18N4O2S/c1-3-7(5-6-15)11-9(16)12-10-14-13-8(4-2)17-10/h7,15H,3-6H2,1-2H3,(H2,11,12,14,16). The zero-order chi connectivity index (χ0) is 12.7.